The van der Waals surface area contributed by atoms with E-state index in [0.29, 0.717) is 20.5 Å². The molecule has 0 spiro atoms. The average Bonchev–Trinajstić information content (AvgIpc) is 2.58. The van der Waals surface area contributed by atoms with E-state index in [1.54, 1.807) is 19.3 Å². The number of halogens is 3. The van der Waals surface area contributed by atoms with E-state index in [1.807, 2.05) is 0 Å². The molecule has 2 aromatic rings. The number of hydrogen-bond donors (Lipinski definition) is 0. The quantitative estimate of drug-likeness (QED) is 0.695. The number of nitrogens with zero attached hydrogens (tertiary/aromatic N) is 4. The Kier molecular flexibility index (Phi) is 3.74. The Hall–Kier alpha value is -0.600. The molecule has 0 bridgehead atoms. The predicted octanol–water partition coefficient (Wildman–Crippen LogP) is 2.73. The number of hydrogen-bond acceptors (Lipinski definition) is 4. The molecule has 5 nitrogen and oxygen atoms in total. The molecule has 88 valence electrons. The third kappa shape index (κ3) is 2.48. The third-order valence-electron chi connectivity index (χ3n) is 2.02. The predicted molar refractivity (Wildman–Crippen MR) is 71.8 cm³/mol. The van der Waals surface area contributed by atoms with Crippen LogP contribution in [0.3, 0.4) is 0 Å². The van der Waals surface area contributed by atoms with Gasteiger partial charge in [0.15, 0.2) is 4.60 Å². The Morgan fingerprint density at radius 3 is 2.59 bits per heavy atom. The molecular formula is C9H5Br3N4O. The minimum absolute atomic E-state index is 0.247. The molecule has 0 saturated carbocycles. The van der Waals surface area contributed by atoms with E-state index in [4.69, 9.17) is 0 Å². The van der Waals surface area contributed by atoms with E-state index in [1.165, 1.54) is 4.68 Å². The standard InChI is InChI=1S/C9H5Br3N4O/c1-16-7(9(12)14-15-16)8(17)6-5(11)2-4(10)3-13-6/h2-3H,1H3. The lowest BCUT2D eigenvalue weighted by molar-refractivity contribution is 0.102. The van der Waals surface area contributed by atoms with Crippen molar-refractivity contribution in [2.75, 3.05) is 0 Å². The second-order valence-electron chi connectivity index (χ2n) is 3.17. The summed E-state index contributed by atoms with van der Waals surface area (Å²) in [6, 6.07) is 1.76. The monoisotopic (exact) mass is 422 g/mol. The molecule has 2 rings (SSSR count). The average molecular weight is 425 g/mol. The molecular weight excluding hydrogens is 420 g/mol. The molecule has 8 heteroatoms. The van der Waals surface area contributed by atoms with Crippen molar-refractivity contribution in [3.63, 3.8) is 0 Å². The number of pyridine rings is 1. The van der Waals surface area contributed by atoms with Crippen LogP contribution in [0.5, 0.6) is 0 Å². The molecule has 0 unspecified atom stereocenters. The topological polar surface area (TPSA) is 60.7 Å². The lowest BCUT2D eigenvalue weighted by atomic mass is 10.2. The molecule has 17 heavy (non-hydrogen) atoms. The summed E-state index contributed by atoms with van der Waals surface area (Å²) in [5.74, 6) is -0.247. The van der Waals surface area contributed by atoms with Gasteiger partial charge in [-0.1, -0.05) is 5.21 Å². The van der Waals surface area contributed by atoms with E-state index in [2.05, 4.69) is 63.1 Å². The Bertz CT molecular complexity index is 576. The molecule has 0 radical (unpaired) electrons. The molecule has 0 fully saturated rings. The number of aryl methyl sites for hydroxylation is 1. The summed E-state index contributed by atoms with van der Waals surface area (Å²) >= 11 is 9.77. The summed E-state index contributed by atoms with van der Waals surface area (Å²) < 4.78 is 3.22. The normalized spacial score (nSPS) is 10.6. The van der Waals surface area contributed by atoms with Crippen molar-refractivity contribution in [2.24, 2.45) is 7.05 Å². The van der Waals surface area contributed by atoms with Crippen LogP contribution in [0, 0.1) is 0 Å². The highest BCUT2D eigenvalue weighted by molar-refractivity contribution is 9.11. The van der Waals surface area contributed by atoms with Crippen LogP contribution in [-0.2, 0) is 7.05 Å². The van der Waals surface area contributed by atoms with Gasteiger partial charge < -0.3 is 0 Å². The fraction of sp³-hybridized carbons (Fsp3) is 0.111. The van der Waals surface area contributed by atoms with Gasteiger partial charge in [0, 0.05) is 22.2 Å². The highest BCUT2D eigenvalue weighted by atomic mass is 79.9. The molecule has 2 aromatic heterocycles. The zero-order valence-electron chi connectivity index (χ0n) is 8.49. The SMILES string of the molecule is Cn1nnc(Br)c1C(=O)c1ncc(Br)cc1Br. The smallest absolute Gasteiger partial charge is 0.233 e. The molecule has 0 aliphatic heterocycles. The van der Waals surface area contributed by atoms with Crippen molar-refractivity contribution in [2.45, 2.75) is 0 Å². The van der Waals surface area contributed by atoms with Crippen molar-refractivity contribution in [1.29, 1.82) is 0 Å². The summed E-state index contributed by atoms with van der Waals surface area (Å²) in [7, 11) is 1.65. The van der Waals surface area contributed by atoms with Gasteiger partial charge in [-0.2, -0.15) is 0 Å². The summed E-state index contributed by atoms with van der Waals surface area (Å²) in [6.45, 7) is 0. The first-order valence-electron chi connectivity index (χ1n) is 4.41. The van der Waals surface area contributed by atoms with Crippen LogP contribution in [0.15, 0.2) is 25.8 Å². The lowest BCUT2D eigenvalue weighted by Gasteiger charge is -2.03. The Balaban J connectivity index is 2.51. The van der Waals surface area contributed by atoms with E-state index in [-0.39, 0.29) is 5.78 Å². The Labute approximate surface area is 122 Å². The first kappa shape index (κ1) is 12.8. The largest absolute Gasteiger partial charge is 0.285 e. The van der Waals surface area contributed by atoms with Crippen LogP contribution in [0.1, 0.15) is 16.2 Å². The van der Waals surface area contributed by atoms with Crippen molar-refractivity contribution < 1.29 is 4.79 Å². The van der Waals surface area contributed by atoms with E-state index >= 15 is 0 Å². The maximum absolute atomic E-state index is 12.2. The molecule has 0 aliphatic rings. The Morgan fingerprint density at radius 1 is 1.35 bits per heavy atom. The number of aromatic nitrogens is 4. The maximum Gasteiger partial charge on any atom is 0.233 e. The second kappa shape index (κ2) is 4.95. The molecule has 0 atom stereocenters. The van der Waals surface area contributed by atoms with Crippen molar-refractivity contribution in [3.05, 3.63) is 37.2 Å². The van der Waals surface area contributed by atoms with E-state index in [0.717, 1.165) is 4.47 Å². The van der Waals surface area contributed by atoms with Gasteiger partial charge in [-0.3, -0.25) is 9.78 Å². The summed E-state index contributed by atoms with van der Waals surface area (Å²) in [5.41, 5.74) is 0.680. The van der Waals surface area contributed by atoms with Gasteiger partial charge >= 0.3 is 0 Å². The van der Waals surface area contributed by atoms with Gasteiger partial charge in [0.1, 0.15) is 11.4 Å². The van der Waals surface area contributed by atoms with Crippen molar-refractivity contribution >= 4 is 53.6 Å². The van der Waals surface area contributed by atoms with Gasteiger partial charge in [-0.15, -0.1) is 5.10 Å². The minimum Gasteiger partial charge on any atom is -0.285 e. The third-order valence-corrected chi connectivity index (χ3v) is 3.60. The zero-order chi connectivity index (χ0) is 12.6. The number of carbonyl (C=O) groups excluding carboxylic acids is 1. The summed E-state index contributed by atoms with van der Waals surface area (Å²) in [4.78, 5) is 16.3. The summed E-state index contributed by atoms with van der Waals surface area (Å²) in [5, 5.41) is 7.52. The van der Waals surface area contributed by atoms with Crippen molar-refractivity contribution in [3.8, 4) is 0 Å². The van der Waals surface area contributed by atoms with Gasteiger partial charge in [0.05, 0.1) is 0 Å². The minimum atomic E-state index is -0.247. The molecule has 2 heterocycles. The Morgan fingerprint density at radius 2 is 2.06 bits per heavy atom. The zero-order valence-corrected chi connectivity index (χ0v) is 13.2. The molecule has 0 amide bonds. The first-order valence-corrected chi connectivity index (χ1v) is 6.79. The number of rotatable bonds is 2. The fourth-order valence-corrected chi connectivity index (χ4v) is 2.94. The van der Waals surface area contributed by atoms with E-state index < -0.39 is 0 Å². The van der Waals surface area contributed by atoms with E-state index in [9.17, 15) is 4.79 Å². The van der Waals surface area contributed by atoms with Gasteiger partial charge in [0.25, 0.3) is 0 Å². The molecule has 0 N–H and O–H groups in total. The summed E-state index contributed by atoms with van der Waals surface area (Å²) in [6.07, 6.45) is 1.57. The number of ketones is 1. The highest BCUT2D eigenvalue weighted by Gasteiger charge is 2.22. The van der Waals surface area contributed by atoms with Crippen LogP contribution in [-0.4, -0.2) is 25.8 Å². The lowest BCUT2D eigenvalue weighted by Crippen LogP contribution is -2.11. The van der Waals surface area contributed by atoms with Crippen LogP contribution in [0.4, 0.5) is 0 Å². The van der Waals surface area contributed by atoms with Crippen molar-refractivity contribution in [1.82, 2.24) is 20.0 Å². The van der Waals surface area contributed by atoms with Crippen LogP contribution < -0.4 is 0 Å². The fourth-order valence-electron chi connectivity index (χ4n) is 1.27. The molecule has 0 saturated heterocycles. The van der Waals surface area contributed by atoms with Crippen LogP contribution in [0.2, 0.25) is 0 Å². The first-order chi connectivity index (χ1) is 8.00. The van der Waals surface area contributed by atoms with Gasteiger partial charge in [-0.05, 0) is 53.9 Å². The maximum atomic E-state index is 12.2. The van der Waals surface area contributed by atoms with Gasteiger partial charge in [0.2, 0.25) is 5.78 Å². The second-order valence-corrected chi connectivity index (χ2v) is 5.69. The highest BCUT2D eigenvalue weighted by Crippen LogP contribution is 2.23. The van der Waals surface area contributed by atoms with Gasteiger partial charge in [-0.25, -0.2) is 4.68 Å². The van der Waals surface area contributed by atoms with Crippen LogP contribution in [0.25, 0.3) is 0 Å². The van der Waals surface area contributed by atoms with Crippen LogP contribution >= 0.6 is 47.8 Å². The molecule has 0 aromatic carbocycles. The molecule has 0 aliphatic carbocycles. The number of carbonyl (C=O) groups is 1.